The van der Waals surface area contributed by atoms with E-state index < -0.39 is 6.04 Å². The smallest absolute Gasteiger partial charge is 0.328 e. The van der Waals surface area contributed by atoms with Crippen LogP contribution in [-0.4, -0.2) is 41.6 Å². The number of aromatic nitrogens is 1. The number of ether oxygens (including phenoxy) is 1. The first-order chi connectivity index (χ1) is 9.51. The Balaban J connectivity index is 2.09. The summed E-state index contributed by atoms with van der Waals surface area (Å²) in [7, 11) is 1.32. The number of hydrogen-bond acceptors (Lipinski definition) is 4. The average Bonchev–Trinajstić information content (AvgIpc) is 2.85. The Hall–Kier alpha value is -1.82. The number of pyridine rings is 1. The van der Waals surface area contributed by atoms with Gasteiger partial charge in [0.1, 0.15) is 11.2 Å². The fraction of sp³-hybridized carbons (Fsp3) is 0.462. The first-order valence-corrected chi connectivity index (χ1v) is 6.68. The van der Waals surface area contributed by atoms with Gasteiger partial charge < -0.3 is 15.0 Å². The SMILES string of the molecule is COC(=O)C1CCCN1C(=O)Nc1cc(C)nc(Cl)c1. The molecule has 1 N–H and O–H groups in total. The normalized spacial score (nSPS) is 17.9. The summed E-state index contributed by atoms with van der Waals surface area (Å²) in [5.74, 6) is -0.387. The molecule has 0 bridgehead atoms. The van der Waals surface area contributed by atoms with Gasteiger partial charge in [0, 0.05) is 17.9 Å². The summed E-state index contributed by atoms with van der Waals surface area (Å²) in [4.78, 5) is 29.3. The number of halogens is 1. The van der Waals surface area contributed by atoms with E-state index in [1.165, 1.54) is 12.0 Å². The maximum atomic E-state index is 12.2. The number of carbonyl (C=O) groups is 2. The molecule has 0 radical (unpaired) electrons. The number of hydrogen-bond donors (Lipinski definition) is 1. The molecule has 1 fully saturated rings. The lowest BCUT2D eigenvalue weighted by Crippen LogP contribution is -2.43. The summed E-state index contributed by atoms with van der Waals surface area (Å²) in [5.41, 5.74) is 1.27. The van der Waals surface area contributed by atoms with E-state index in [1.54, 1.807) is 19.1 Å². The highest BCUT2D eigenvalue weighted by atomic mass is 35.5. The van der Waals surface area contributed by atoms with Crippen molar-refractivity contribution in [3.8, 4) is 0 Å². The lowest BCUT2D eigenvalue weighted by molar-refractivity contribution is -0.144. The number of rotatable bonds is 2. The van der Waals surface area contributed by atoms with Crippen molar-refractivity contribution in [3.63, 3.8) is 0 Å². The summed E-state index contributed by atoms with van der Waals surface area (Å²) in [6, 6.07) is 2.43. The molecule has 2 heterocycles. The molecule has 0 aromatic carbocycles. The van der Waals surface area contributed by atoms with Gasteiger partial charge in [-0.15, -0.1) is 0 Å². The third kappa shape index (κ3) is 3.19. The van der Waals surface area contributed by atoms with Crippen molar-refractivity contribution in [2.24, 2.45) is 0 Å². The first-order valence-electron chi connectivity index (χ1n) is 6.31. The lowest BCUT2D eigenvalue weighted by Gasteiger charge is -2.23. The number of carbonyl (C=O) groups excluding carboxylic acids is 2. The molecule has 6 nitrogen and oxygen atoms in total. The maximum absolute atomic E-state index is 12.2. The minimum absolute atomic E-state index is 0.311. The molecule has 0 aliphatic carbocycles. The monoisotopic (exact) mass is 297 g/mol. The van der Waals surface area contributed by atoms with E-state index in [0.717, 1.165) is 6.42 Å². The summed E-state index contributed by atoms with van der Waals surface area (Å²) in [5, 5.41) is 3.04. The second kappa shape index (κ2) is 6.09. The third-order valence-electron chi connectivity index (χ3n) is 3.16. The van der Waals surface area contributed by atoms with Gasteiger partial charge in [0.2, 0.25) is 0 Å². The highest BCUT2D eigenvalue weighted by Crippen LogP contribution is 2.21. The molecule has 1 saturated heterocycles. The largest absolute Gasteiger partial charge is 0.467 e. The molecule has 7 heteroatoms. The van der Waals surface area contributed by atoms with Crippen LogP contribution in [0.2, 0.25) is 5.15 Å². The van der Waals surface area contributed by atoms with Crippen LogP contribution in [0.15, 0.2) is 12.1 Å². The molecular formula is C13H16ClN3O3. The van der Waals surface area contributed by atoms with Gasteiger partial charge in [0.15, 0.2) is 0 Å². The maximum Gasteiger partial charge on any atom is 0.328 e. The number of likely N-dealkylation sites (tertiary alicyclic amines) is 1. The fourth-order valence-corrected chi connectivity index (χ4v) is 2.54. The highest BCUT2D eigenvalue weighted by molar-refractivity contribution is 6.29. The zero-order chi connectivity index (χ0) is 14.7. The standard InChI is InChI=1S/C13H16ClN3O3/c1-8-6-9(7-11(14)15-8)16-13(19)17-5-3-4-10(17)12(18)20-2/h6-7,10H,3-5H2,1-2H3,(H,15,16,19). The number of esters is 1. The Morgan fingerprint density at radius 1 is 1.50 bits per heavy atom. The summed E-state index contributed by atoms with van der Waals surface area (Å²) < 4.78 is 4.71. The number of nitrogens with one attached hydrogen (secondary N) is 1. The Morgan fingerprint density at radius 3 is 2.90 bits per heavy atom. The van der Waals surface area contributed by atoms with Gasteiger partial charge in [-0.2, -0.15) is 0 Å². The van der Waals surface area contributed by atoms with E-state index in [2.05, 4.69) is 10.3 Å². The topological polar surface area (TPSA) is 71.5 Å². The van der Waals surface area contributed by atoms with Crippen molar-refractivity contribution >= 4 is 29.3 Å². The van der Waals surface area contributed by atoms with Crippen molar-refractivity contribution in [3.05, 3.63) is 23.0 Å². The Labute approximate surface area is 122 Å². The van der Waals surface area contributed by atoms with Gasteiger partial charge in [-0.05, 0) is 31.9 Å². The number of aryl methyl sites for hydroxylation is 1. The second-order valence-electron chi connectivity index (χ2n) is 4.62. The van der Waals surface area contributed by atoms with E-state index in [-0.39, 0.29) is 12.0 Å². The van der Waals surface area contributed by atoms with Crippen LogP contribution >= 0.6 is 11.6 Å². The lowest BCUT2D eigenvalue weighted by atomic mass is 10.2. The molecule has 20 heavy (non-hydrogen) atoms. The predicted molar refractivity (Wildman–Crippen MR) is 74.7 cm³/mol. The molecule has 1 aliphatic rings. The molecule has 108 valence electrons. The van der Waals surface area contributed by atoms with E-state index >= 15 is 0 Å². The molecular weight excluding hydrogens is 282 g/mol. The van der Waals surface area contributed by atoms with Gasteiger partial charge in [-0.25, -0.2) is 14.6 Å². The van der Waals surface area contributed by atoms with Gasteiger partial charge in [-0.3, -0.25) is 0 Å². The van der Waals surface area contributed by atoms with E-state index in [4.69, 9.17) is 16.3 Å². The Kier molecular flexibility index (Phi) is 4.44. The zero-order valence-electron chi connectivity index (χ0n) is 11.4. The number of urea groups is 1. The summed E-state index contributed by atoms with van der Waals surface area (Å²) in [6.07, 6.45) is 1.40. The van der Waals surface area contributed by atoms with E-state index in [1.807, 2.05) is 0 Å². The van der Waals surface area contributed by atoms with Gasteiger partial charge in [0.25, 0.3) is 0 Å². The molecule has 1 unspecified atom stereocenters. The minimum Gasteiger partial charge on any atom is -0.467 e. The number of nitrogens with zero attached hydrogens (tertiary/aromatic N) is 2. The quantitative estimate of drug-likeness (QED) is 0.671. The Morgan fingerprint density at radius 2 is 2.25 bits per heavy atom. The third-order valence-corrected chi connectivity index (χ3v) is 3.35. The minimum atomic E-state index is -0.515. The molecule has 0 spiro atoms. The van der Waals surface area contributed by atoms with Crippen LogP contribution in [0.5, 0.6) is 0 Å². The predicted octanol–water partition coefficient (Wildman–Crippen LogP) is 2.21. The number of amides is 2. The van der Waals surface area contributed by atoms with E-state index in [9.17, 15) is 9.59 Å². The fourth-order valence-electron chi connectivity index (χ4n) is 2.29. The molecule has 2 rings (SSSR count). The zero-order valence-corrected chi connectivity index (χ0v) is 12.1. The van der Waals surface area contributed by atoms with Crippen LogP contribution in [0.25, 0.3) is 0 Å². The number of anilines is 1. The molecule has 2 amide bonds. The van der Waals surface area contributed by atoms with Crippen LogP contribution in [0.4, 0.5) is 10.5 Å². The van der Waals surface area contributed by atoms with Crippen LogP contribution in [0.3, 0.4) is 0 Å². The van der Waals surface area contributed by atoms with Crippen molar-refractivity contribution < 1.29 is 14.3 Å². The number of methoxy groups -OCH3 is 1. The summed E-state index contributed by atoms with van der Waals surface area (Å²) >= 11 is 5.84. The van der Waals surface area contributed by atoms with Crippen molar-refractivity contribution in [1.29, 1.82) is 0 Å². The van der Waals surface area contributed by atoms with E-state index in [0.29, 0.717) is 29.5 Å². The molecule has 1 aromatic heterocycles. The second-order valence-corrected chi connectivity index (χ2v) is 5.01. The van der Waals surface area contributed by atoms with Crippen LogP contribution in [-0.2, 0) is 9.53 Å². The molecule has 1 atom stereocenters. The van der Waals surface area contributed by atoms with Crippen LogP contribution < -0.4 is 5.32 Å². The van der Waals surface area contributed by atoms with Gasteiger partial charge in [0.05, 0.1) is 7.11 Å². The first kappa shape index (κ1) is 14.6. The molecule has 1 aliphatic heterocycles. The Bertz CT molecular complexity index is 515. The van der Waals surface area contributed by atoms with Gasteiger partial charge in [-0.1, -0.05) is 11.6 Å². The van der Waals surface area contributed by atoms with Crippen molar-refractivity contribution in [2.75, 3.05) is 19.0 Å². The van der Waals surface area contributed by atoms with Crippen LogP contribution in [0, 0.1) is 6.92 Å². The average molecular weight is 298 g/mol. The van der Waals surface area contributed by atoms with Crippen molar-refractivity contribution in [1.82, 2.24) is 9.88 Å². The highest BCUT2D eigenvalue weighted by Gasteiger charge is 2.34. The van der Waals surface area contributed by atoms with Crippen molar-refractivity contribution in [2.45, 2.75) is 25.8 Å². The molecule has 1 aromatic rings. The van der Waals surface area contributed by atoms with Gasteiger partial charge >= 0.3 is 12.0 Å². The molecule has 0 saturated carbocycles. The van der Waals surface area contributed by atoms with Crippen LogP contribution in [0.1, 0.15) is 18.5 Å². The summed E-state index contributed by atoms with van der Waals surface area (Å²) in [6.45, 7) is 2.32.